The van der Waals surface area contributed by atoms with Crippen molar-refractivity contribution in [1.82, 2.24) is 14.6 Å². The number of aromatic nitrogens is 3. The van der Waals surface area contributed by atoms with E-state index in [1.807, 2.05) is 42.8 Å². The molecule has 0 saturated carbocycles. The van der Waals surface area contributed by atoms with E-state index in [0.29, 0.717) is 0 Å². The summed E-state index contributed by atoms with van der Waals surface area (Å²) in [5.74, 6) is 0. The summed E-state index contributed by atoms with van der Waals surface area (Å²) in [6, 6.07) is 1.98. The molecule has 0 spiro atoms. The lowest BCUT2D eigenvalue weighted by atomic mass is 9.85. The number of nitrogens with zero attached hydrogens (tertiary/aromatic N) is 3. The molecule has 0 aromatic carbocycles. The summed E-state index contributed by atoms with van der Waals surface area (Å²) in [7, 11) is 0. The normalized spacial score (nSPS) is 13.5. The summed E-state index contributed by atoms with van der Waals surface area (Å²) in [5.41, 5.74) is 5.98. The Kier molecular flexibility index (Phi) is 5.23. The lowest BCUT2D eigenvalue weighted by Gasteiger charge is -2.20. The molecule has 0 radical (unpaired) electrons. The van der Waals surface area contributed by atoms with Crippen LogP contribution in [0.1, 0.15) is 51.6 Å². The molecule has 0 unspecified atom stereocenters. The number of allylic oxidation sites excluding steroid dienone is 6. The van der Waals surface area contributed by atoms with Crippen LogP contribution in [0.25, 0.3) is 17.3 Å². The second-order valence-corrected chi connectivity index (χ2v) is 6.99. The highest BCUT2D eigenvalue weighted by molar-refractivity contribution is 5.77. The Morgan fingerprint density at radius 2 is 1.92 bits per heavy atom. The third-order valence-electron chi connectivity index (χ3n) is 3.89. The second kappa shape index (κ2) is 7.00. The Hall–Kier alpha value is -2.42. The lowest BCUT2D eigenvalue weighted by molar-refractivity contribution is 0.516. The molecule has 0 bridgehead atoms. The molecule has 0 fully saturated rings. The molecule has 0 amide bonds. The maximum Gasteiger partial charge on any atom is 0.155 e. The molecule has 24 heavy (non-hydrogen) atoms. The number of hydrogen-bond donors (Lipinski definition) is 0. The predicted octanol–water partition coefficient (Wildman–Crippen LogP) is 5.63. The van der Waals surface area contributed by atoms with E-state index in [9.17, 15) is 0 Å². The monoisotopic (exact) mass is 321 g/mol. The van der Waals surface area contributed by atoms with Crippen molar-refractivity contribution in [3.8, 4) is 0 Å². The molecule has 0 aliphatic rings. The molecule has 0 saturated heterocycles. The van der Waals surface area contributed by atoms with E-state index in [2.05, 4.69) is 57.6 Å². The van der Waals surface area contributed by atoms with E-state index in [4.69, 9.17) is 4.98 Å². The van der Waals surface area contributed by atoms with Crippen LogP contribution in [0.5, 0.6) is 0 Å². The maximum atomic E-state index is 4.76. The molecule has 0 N–H and O–H groups in total. The van der Waals surface area contributed by atoms with Crippen molar-refractivity contribution in [3.63, 3.8) is 0 Å². The third-order valence-corrected chi connectivity index (χ3v) is 3.89. The summed E-state index contributed by atoms with van der Waals surface area (Å²) in [5, 5.41) is 4.44. The number of rotatable bonds is 4. The number of aryl methyl sites for hydroxylation is 1. The Balaban J connectivity index is 2.46. The highest BCUT2D eigenvalue weighted by atomic mass is 15.2. The lowest BCUT2D eigenvalue weighted by Crippen LogP contribution is -2.07. The van der Waals surface area contributed by atoms with Gasteiger partial charge in [0.05, 0.1) is 11.4 Å². The van der Waals surface area contributed by atoms with Crippen molar-refractivity contribution in [2.75, 3.05) is 0 Å². The number of hydrogen-bond acceptors (Lipinski definition) is 2. The summed E-state index contributed by atoms with van der Waals surface area (Å²) in [6.07, 6.45) is 12.4. The van der Waals surface area contributed by atoms with Gasteiger partial charge in [-0.2, -0.15) is 5.10 Å². The minimum absolute atomic E-state index is 0.109. The molecule has 126 valence electrons. The first kappa shape index (κ1) is 17.9. The molecule has 0 atom stereocenters. The van der Waals surface area contributed by atoms with E-state index < -0.39 is 0 Å². The van der Waals surface area contributed by atoms with E-state index in [1.54, 1.807) is 0 Å². The van der Waals surface area contributed by atoms with E-state index >= 15 is 0 Å². The van der Waals surface area contributed by atoms with Gasteiger partial charge in [0.1, 0.15) is 0 Å². The molecule has 2 rings (SSSR count). The molecule has 0 aliphatic carbocycles. The van der Waals surface area contributed by atoms with Crippen LogP contribution in [0.15, 0.2) is 48.7 Å². The van der Waals surface area contributed by atoms with E-state index in [1.165, 1.54) is 5.57 Å². The van der Waals surface area contributed by atoms with Gasteiger partial charge in [-0.05, 0) is 37.3 Å². The smallest absolute Gasteiger partial charge is 0.155 e. The van der Waals surface area contributed by atoms with Gasteiger partial charge in [-0.25, -0.2) is 9.50 Å². The fourth-order valence-corrected chi connectivity index (χ4v) is 2.66. The fraction of sp³-hybridized carbons (Fsp3) is 0.333. The van der Waals surface area contributed by atoms with Gasteiger partial charge >= 0.3 is 0 Å². The third kappa shape index (κ3) is 3.91. The van der Waals surface area contributed by atoms with Crippen LogP contribution in [0.2, 0.25) is 0 Å². The van der Waals surface area contributed by atoms with Crippen LogP contribution in [-0.4, -0.2) is 14.6 Å². The van der Waals surface area contributed by atoms with Crippen LogP contribution >= 0.6 is 0 Å². The van der Waals surface area contributed by atoms with Crippen molar-refractivity contribution in [2.24, 2.45) is 5.41 Å². The maximum absolute atomic E-state index is 4.76. The van der Waals surface area contributed by atoms with Crippen LogP contribution in [-0.2, 0) is 0 Å². The Morgan fingerprint density at radius 1 is 1.21 bits per heavy atom. The molecule has 3 nitrogen and oxygen atoms in total. The predicted molar refractivity (Wildman–Crippen MR) is 104 cm³/mol. The average molecular weight is 321 g/mol. The first-order chi connectivity index (χ1) is 11.3. The van der Waals surface area contributed by atoms with Gasteiger partial charge in [0.2, 0.25) is 0 Å². The van der Waals surface area contributed by atoms with Crippen molar-refractivity contribution < 1.29 is 0 Å². The number of fused-ring (bicyclic) bond motifs is 1. The van der Waals surface area contributed by atoms with E-state index in [0.717, 1.165) is 28.2 Å². The van der Waals surface area contributed by atoms with Crippen LogP contribution in [0.4, 0.5) is 0 Å². The Labute approximate surface area is 145 Å². The molecular weight excluding hydrogens is 294 g/mol. The molecular formula is C21H27N3. The molecule has 0 aliphatic heterocycles. The second-order valence-electron chi connectivity index (χ2n) is 6.99. The Morgan fingerprint density at radius 3 is 2.50 bits per heavy atom. The highest BCUT2D eigenvalue weighted by Gasteiger charge is 2.14. The first-order valence-electron chi connectivity index (χ1n) is 8.30. The molecule has 2 aromatic heterocycles. The van der Waals surface area contributed by atoms with E-state index in [-0.39, 0.29) is 5.41 Å². The summed E-state index contributed by atoms with van der Waals surface area (Å²) in [6.45, 7) is 16.9. The zero-order valence-corrected chi connectivity index (χ0v) is 15.6. The molecule has 2 heterocycles. The molecule has 2 aromatic rings. The minimum Gasteiger partial charge on any atom is -0.228 e. The largest absolute Gasteiger partial charge is 0.228 e. The summed E-state index contributed by atoms with van der Waals surface area (Å²) in [4.78, 5) is 4.76. The first-order valence-corrected chi connectivity index (χ1v) is 8.30. The van der Waals surface area contributed by atoms with Gasteiger partial charge in [0, 0.05) is 17.8 Å². The van der Waals surface area contributed by atoms with Crippen LogP contribution in [0, 0.1) is 12.3 Å². The van der Waals surface area contributed by atoms with Crippen molar-refractivity contribution in [3.05, 3.63) is 65.7 Å². The average Bonchev–Trinajstić information content (AvgIpc) is 2.84. The SMILES string of the molecule is C=C(/C=C\C(=C/C)C(C)(C)C)c1nc2cc(C)nn2cc1/C=C/C. The van der Waals surface area contributed by atoms with Gasteiger partial charge < -0.3 is 0 Å². The zero-order chi connectivity index (χ0) is 17.9. The fourth-order valence-electron chi connectivity index (χ4n) is 2.66. The van der Waals surface area contributed by atoms with Crippen LogP contribution < -0.4 is 0 Å². The van der Waals surface area contributed by atoms with Gasteiger partial charge in [-0.3, -0.25) is 0 Å². The van der Waals surface area contributed by atoms with Crippen molar-refractivity contribution >= 4 is 17.3 Å². The zero-order valence-electron chi connectivity index (χ0n) is 15.6. The quantitative estimate of drug-likeness (QED) is 0.683. The topological polar surface area (TPSA) is 30.2 Å². The summed E-state index contributed by atoms with van der Waals surface area (Å²) >= 11 is 0. The highest BCUT2D eigenvalue weighted by Crippen LogP contribution is 2.27. The van der Waals surface area contributed by atoms with Gasteiger partial charge in [0.25, 0.3) is 0 Å². The minimum atomic E-state index is 0.109. The van der Waals surface area contributed by atoms with Crippen molar-refractivity contribution in [2.45, 2.75) is 41.5 Å². The van der Waals surface area contributed by atoms with Crippen LogP contribution in [0.3, 0.4) is 0 Å². The standard InChI is InChI=1S/C21H27N3/c1-8-10-17-14-24-19(13-16(4)23-24)22-20(17)15(3)11-12-18(9-2)21(5,6)7/h8-14H,3H2,1-2,4-7H3/b10-8+,12-11-,18-9+. The van der Waals surface area contributed by atoms with Gasteiger partial charge in [-0.15, -0.1) is 0 Å². The molecule has 3 heteroatoms. The Bertz CT molecular complexity index is 840. The van der Waals surface area contributed by atoms with Gasteiger partial charge in [-0.1, -0.05) is 57.7 Å². The van der Waals surface area contributed by atoms with Gasteiger partial charge in [0.15, 0.2) is 5.65 Å². The van der Waals surface area contributed by atoms with Crippen molar-refractivity contribution in [1.29, 1.82) is 0 Å². The summed E-state index contributed by atoms with van der Waals surface area (Å²) < 4.78 is 1.82.